The van der Waals surface area contributed by atoms with Crippen molar-refractivity contribution in [3.05, 3.63) is 22.7 Å². The summed E-state index contributed by atoms with van der Waals surface area (Å²) in [6.45, 7) is 3.66. The zero-order valence-corrected chi connectivity index (χ0v) is 14.1. The van der Waals surface area contributed by atoms with Crippen LogP contribution in [0.3, 0.4) is 0 Å². The van der Waals surface area contributed by atoms with Gasteiger partial charge in [-0.2, -0.15) is 0 Å². The molecule has 0 bridgehead atoms. The lowest BCUT2D eigenvalue weighted by Gasteiger charge is -2.14. The van der Waals surface area contributed by atoms with E-state index >= 15 is 0 Å². The lowest BCUT2D eigenvalue weighted by Crippen LogP contribution is -2.20. The molecule has 0 amide bonds. The van der Waals surface area contributed by atoms with E-state index in [4.69, 9.17) is 9.88 Å². The quantitative estimate of drug-likeness (QED) is 0.880. The zero-order valence-electron chi connectivity index (χ0n) is 11.7. The maximum Gasteiger partial charge on any atom is 0.273 e. The fourth-order valence-electron chi connectivity index (χ4n) is 1.92. The number of aromatic nitrogens is 3. The van der Waals surface area contributed by atoms with E-state index < -0.39 is 10.0 Å². The van der Waals surface area contributed by atoms with E-state index in [0.29, 0.717) is 17.1 Å². The van der Waals surface area contributed by atoms with Gasteiger partial charge in [0, 0.05) is 16.1 Å². The summed E-state index contributed by atoms with van der Waals surface area (Å²) < 4.78 is 30.7. The monoisotopic (exact) mass is 374 g/mol. The number of primary sulfonamides is 1. The van der Waals surface area contributed by atoms with Crippen molar-refractivity contribution >= 4 is 26.0 Å². The summed E-state index contributed by atoms with van der Waals surface area (Å²) in [5.74, 6) is 1.03. The number of benzene rings is 1. The number of ether oxygens (including phenoxy) is 1. The molecular weight excluding hydrogens is 360 g/mol. The highest BCUT2D eigenvalue weighted by Crippen LogP contribution is 2.33. The zero-order chi connectivity index (χ0) is 15.8. The summed E-state index contributed by atoms with van der Waals surface area (Å²) in [5.41, 5.74) is 0.672. The summed E-state index contributed by atoms with van der Waals surface area (Å²) >= 11 is 3.42. The van der Waals surface area contributed by atoms with Gasteiger partial charge < -0.3 is 4.74 Å². The molecule has 0 fully saturated rings. The van der Waals surface area contributed by atoms with Crippen LogP contribution in [-0.2, 0) is 10.0 Å². The Bertz CT molecular complexity index is 771. The van der Waals surface area contributed by atoms with Gasteiger partial charge in [-0.15, -0.1) is 10.2 Å². The Morgan fingerprint density at radius 3 is 2.52 bits per heavy atom. The number of methoxy groups -OCH3 is 1. The molecule has 1 aromatic carbocycles. The highest BCUT2D eigenvalue weighted by Gasteiger charge is 2.24. The predicted octanol–water partition coefficient (Wildman–Crippen LogP) is 1.94. The summed E-state index contributed by atoms with van der Waals surface area (Å²) in [6.07, 6.45) is 0. The normalized spacial score (nSPS) is 11.9. The third-order valence-corrected chi connectivity index (χ3v) is 4.33. The van der Waals surface area contributed by atoms with Crippen molar-refractivity contribution in [3.63, 3.8) is 0 Å². The van der Waals surface area contributed by atoms with Crippen molar-refractivity contribution in [2.24, 2.45) is 5.14 Å². The maximum atomic E-state index is 11.6. The lowest BCUT2D eigenvalue weighted by atomic mass is 10.2. The molecule has 0 aliphatic rings. The first kappa shape index (κ1) is 15.9. The predicted molar refractivity (Wildman–Crippen MR) is 81.5 cm³/mol. The van der Waals surface area contributed by atoms with Crippen LogP contribution in [0.4, 0.5) is 0 Å². The van der Waals surface area contributed by atoms with Gasteiger partial charge in [-0.05, 0) is 32.0 Å². The van der Waals surface area contributed by atoms with E-state index in [0.717, 1.165) is 4.47 Å². The van der Waals surface area contributed by atoms with Crippen LogP contribution in [-0.4, -0.2) is 30.3 Å². The van der Waals surface area contributed by atoms with Crippen molar-refractivity contribution < 1.29 is 13.2 Å². The number of nitrogens with two attached hydrogens (primary N) is 1. The van der Waals surface area contributed by atoms with Gasteiger partial charge >= 0.3 is 0 Å². The molecule has 0 radical (unpaired) electrons. The Hall–Kier alpha value is -1.45. The van der Waals surface area contributed by atoms with Gasteiger partial charge in [-0.1, -0.05) is 15.9 Å². The Labute approximate surface area is 131 Å². The first-order chi connectivity index (χ1) is 9.75. The fourth-order valence-corrected chi connectivity index (χ4v) is 3.07. The molecule has 0 saturated heterocycles. The van der Waals surface area contributed by atoms with Crippen molar-refractivity contribution in [1.82, 2.24) is 14.8 Å². The molecular formula is C12H15BrN4O3S. The van der Waals surface area contributed by atoms with Gasteiger partial charge in [-0.25, -0.2) is 13.6 Å². The van der Waals surface area contributed by atoms with E-state index in [9.17, 15) is 8.42 Å². The van der Waals surface area contributed by atoms with Gasteiger partial charge in [-0.3, -0.25) is 4.57 Å². The summed E-state index contributed by atoms with van der Waals surface area (Å²) in [5, 5.41) is 12.6. The second-order valence-electron chi connectivity index (χ2n) is 4.66. The van der Waals surface area contributed by atoms with Crippen LogP contribution >= 0.6 is 15.9 Å². The number of hydrogen-bond donors (Lipinski definition) is 1. The smallest absolute Gasteiger partial charge is 0.273 e. The van der Waals surface area contributed by atoms with Crippen LogP contribution in [0.5, 0.6) is 5.75 Å². The van der Waals surface area contributed by atoms with E-state index in [1.165, 1.54) is 4.57 Å². The van der Waals surface area contributed by atoms with Gasteiger partial charge in [0.25, 0.3) is 15.2 Å². The number of sulfonamides is 1. The molecule has 2 rings (SSSR count). The Balaban J connectivity index is 2.74. The molecule has 21 heavy (non-hydrogen) atoms. The molecule has 2 aromatic rings. The van der Waals surface area contributed by atoms with Crippen LogP contribution in [0.1, 0.15) is 19.9 Å². The summed E-state index contributed by atoms with van der Waals surface area (Å²) in [6, 6.07) is 5.15. The molecule has 0 aliphatic heterocycles. The first-order valence-electron chi connectivity index (χ1n) is 6.07. The van der Waals surface area contributed by atoms with Crippen molar-refractivity contribution in [2.75, 3.05) is 7.11 Å². The standard InChI is InChI=1S/C12H15BrN4O3S/c1-7(2)17-11(15-16-12(17)21(14,18)19)9-6-8(20-3)4-5-10(9)13/h4-7H,1-3H3,(H2,14,18,19). The average Bonchev–Trinajstić information content (AvgIpc) is 2.84. The number of halogens is 1. The maximum absolute atomic E-state index is 11.6. The number of nitrogens with zero attached hydrogens (tertiary/aromatic N) is 3. The van der Waals surface area contributed by atoms with Gasteiger partial charge in [0.1, 0.15) is 5.75 Å². The molecule has 0 spiro atoms. The second-order valence-corrected chi connectivity index (χ2v) is 6.97. The van der Waals surface area contributed by atoms with Crippen molar-refractivity contribution in [3.8, 4) is 17.1 Å². The van der Waals surface area contributed by atoms with Gasteiger partial charge in [0.05, 0.1) is 7.11 Å². The van der Waals surface area contributed by atoms with Crippen LogP contribution in [0.25, 0.3) is 11.4 Å². The highest BCUT2D eigenvalue weighted by atomic mass is 79.9. The van der Waals surface area contributed by atoms with Gasteiger partial charge in [0.15, 0.2) is 5.82 Å². The minimum absolute atomic E-state index is 0.179. The SMILES string of the molecule is COc1ccc(Br)c(-c2nnc(S(N)(=O)=O)n2C(C)C)c1. The third-order valence-electron chi connectivity index (χ3n) is 2.85. The average molecular weight is 375 g/mol. The Morgan fingerprint density at radius 1 is 1.33 bits per heavy atom. The van der Waals surface area contributed by atoms with E-state index in [-0.39, 0.29) is 11.2 Å². The van der Waals surface area contributed by atoms with E-state index in [2.05, 4.69) is 26.1 Å². The molecule has 0 aliphatic carbocycles. The molecule has 9 heteroatoms. The van der Waals surface area contributed by atoms with Gasteiger partial charge in [0.2, 0.25) is 0 Å². The third kappa shape index (κ3) is 3.09. The fraction of sp³-hybridized carbons (Fsp3) is 0.333. The van der Waals surface area contributed by atoms with Crippen LogP contribution in [0.2, 0.25) is 0 Å². The molecule has 2 N–H and O–H groups in total. The van der Waals surface area contributed by atoms with Crippen molar-refractivity contribution in [1.29, 1.82) is 0 Å². The van der Waals surface area contributed by atoms with E-state index in [1.807, 2.05) is 13.8 Å². The molecule has 1 heterocycles. The molecule has 0 atom stereocenters. The van der Waals surface area contributed by atoms with Crippen molar-refractivity contribution in [2.45, 2.75) is 25.0 Å². The minimum Gasteiger partial charge on any atom is -0.497 e. The molecule has 0 saturated carbocycles. The largest absolute Gasteiger partial charge is 0.497 e. The van der Waals surface area contributed by atoms with Crippen LogP contribution in [0.15, 0.2) is 27.8 Å². The number of rotatable bonds is 4. The molecule has 7 nitrogen and oxygen atoms in total. The van der Waals surface area contributed by atoms with E-state index in [1.54, 1.807) is 25.3 Å². The van der Waals surface area contributed by atoms with Crippen LogP contribution < -0.4 is 9.88 Å². The lowest BCUT2D eigenvalue weighted by molar-refractivity contribution is 0.415. The first-order valence-corrected chi connectivity index (χ1v) is 8.41. The molecule has 0 unspecified atom stereocenters. The van der Waals surface area contributed by atoms with Crippen LogP contribution in [0, 0.1) is 0 Å². The number of hydrogen-bond acceptors (Lipinski definition) is 5. The summed E-state index contributed by atoms with van der Waals surface area (Å²) in [4.78, 5) is 0. The Morgan fingerprint density at radius 2 is 2.00 bits per heavy atom. The second kappa shape index (κ2) is 5.74. The summed E-state index contributed by atoms with van der Waals surface area (Å²) in [7, 11) is -2.40. The topological polar surface area (TPSA) is 100 Å². The molecule has 1 aromatic heterocycles. The Kier molecular flexibility index (Phi) is 4.35. The highest BCUT2D eigenvalue weighted by molar-refractivity contribution is 9.10. The molecule has 114 valence electrons. The minimum atomic E-state index is -3.95.